The molecule has 1 aliphatic heterocycles. The topological polar surface area (TPSA) is 87.2 Å². The van der Waals surface area contributed by atoms with Crippen molar-refractivity contribution in [1.29, 1.82) is 0 Å². The first-order chi connectivity index (χ1) is 9.85. The van der Waals surface area contributed by atoms with E-state index in [9.17, 15) is 8.42 Å². The summed E-state index contributed by atoms with van der Waals surface area (Å²) in [6.45, 7) is 4.57. The Kier molecular flexibility index (Phi) is 4.80. The Bertz CT molecular complexity index is 565. The molecule has 2 rings (SSSR count). The molecule has 1 fully saturated rings. The predicted octanol–water partition coefficient (Wildman–Crippen LogP) is 0.529. The fourth-order valence-corrected chi connectivity index (χ4v) is 3.36. The van der Waals surface area contributed by atoms with Crippen LogP contribution >= 0.6 is 0 Å². The van der Waals surface area contributed by atoms with Crippen LogP contribution in [0.15, 0.2) is 17.3 Å². The SMILES string of the molecule is CNc1ncc(S(=O)(=O)NCC2(C)CCN(C)CC2)cn1. The van der Waals surface area contributed by atoms with Crippen molar-refractivity contribution in [2.75, 3.05) is 39.0 Å². The molecule has 0 atom stereocenters. The van der Waals surface area contributed by atoms with Gasteiger partial charge in [-0.05, 0) is 38.4 Å². The van der Waals surface area contributed by atoms with Crippen LogP contribution in [0.4, 0.5) is 5.95 Å². The highest BCUT2D eigenvalue weighted by atomic mass is 32.2. The van der Waals surface area contributed by atoms with Crippen LogP contribution in [0.5, 0.6) is 0 Å². The Morgan fingerprint density at radius 3 is 2.38 bits per heavy atom. The number of aromatic nitrogens is 2. The molecule has 2 N–H and O–H groups in total. The van der Waals surface area contributed by atoms with E-state index in [2.05, 4.69) is 38.9 Å². The van der Waals surface area contributed by atoms with Crippen LogP contribution in [-0.4, -0.2) is 57.0 Å². The maximum absolute atomic E-state index is 12.3. The number of nitrogens with one attached hydrogen (secondary N) is 2. The zero-order chi connectivity index (χ0) is 15.5. The second-order valence-electron chi connectivity index (χ2n) is 5.93. The van der Waals surface area contributed by atoms with Crippen molar-refractivity contribution in [3.8, 4) is 0 Å². The number of hydrogen-bond donors (Lipinski definition) is 2. The summed E-state index contributed by atoms with van der Waals surface area (Å²) < 4.78 is 27.2. The van der Waals surface area contributed by atoms with E-state index in [0.717, 1.165) is 25.9 Å². The summed E-state index contributed by atoms with van der Waals surface area (Å²) >= 11 is 0. The van der Waals surface area contributed by atoms with Crippen molar-refractivity contribution in [1.82, 2.24) is 19.6 Å². The highest BCUT2D eigenvalue weighted by molar-refractivity contribution is 7.89. The van der Waals surface area contributed by atoms with Gasteiger partial charge in [-0.15, -0.1) is 0 Å². The van der Waals surface area contributed by atoms with Crippen molar-refractivity contribution >= 4 is 16.0 Å². The number of hydrogen-bond acceptors (Lipinski definition) is 6. The molecule has 0 bridgehead atoms. The molecule has 1 aromatic heterocycles. The normalized spacial score (nSPS) is 19.4. The lowest BCUT2D eigenvalue weighted by atomic mass is 9.81. The smallest absolute Gasteiger partial charge is 0.243 e. The first kappa shape index (κ1) is 16.1. The molecule has 1 aromatic rings. The third kappa shape index (κ3) is 4.12. The van der Waals surface area contributed by atoms with Gasteiger partial charge in [0.15, 0.2) is 0 Å². The molecule has 0 unspecified atom stereocenters. The minimum atomic E-state index is -3.55. The van der Waals surface area contributed by atoms with Crippen LogP contribution in [0.1, 0.15) is 19.8 Å². The number of sulfonamides is 1. The molecule has 0 radical (unpaired) electrons. The molecular formula is C13H23N5O2S. The average molecular weight is 313 g/mol. The van der Waals surface area contributed by atoms with Gasteiger partial charge in [0, 0.05) is 13.6 Å². The molecule has 0 saturated carbocycles. The van der Waals surface area contributed by atoms with Gasteiger partial charge >= 0.3 is 0 Å². The molecule has 0 aromatic carbocycles. The molecule has 7 nitrogen and oxygen atoms in total. The minimum absolute atomic E-state index is 0.00531. The molecule has 0 spiro atoms. The van der Waals surface area contributed by atoms with Crippen LogP contribution in [0.3, 0.4) is 0 Å². The van der Waals surface area contributed by atoms with Gasteiger partial charge in [-0.2, -0.15) is 0 Å². The van der Waals surface area contributed by atoms with E-state index in [1.54, 1.807) is 7.05 Å². The van der Waals surface area contributed by atoms with Crippen LogP contribution in [-0.2, 0) is 10.0 Å². The quantitative estimate of drug-likeness (QED) is 0.824. The Morgan fingerprint density at radius 1 is 1.29 bits per heavy atom. The average Bonchev–Trinajstić information content (AvgIpc) is 2.49. The summed E-state index contributed by atoms with van der Waals surface area (Å²) in [6, 6.07) is 0. The van der Waals surface area contributed by atoms with Crippen molar-refractivity contribution < 1.29 is 8.42 Å². The molecule has 0 aliphatic carbocycles. The first-order valence-electron chi connectivity index (χ1n) is 7.03. The third-order valence-corrected chi connectivity index (χ3v) is 5.40. The molecule has 2 heterocycles. The summed E-state index contributed by atoms with van der Waals surface area (Å²) in [6.07, 6.45) is 4.61. The van der Waals surface area contributed by atoms with E-state index in [4.69, 9.17) is 0 Å². The maximum Gasteiger partial charge on any atom is 0.243 e. The van der Waals surface area contributed by atoms with Gasteiger partial charge in [0.05, 0.1) is 12.4 Å². The Hall–Kier alpha value is -1.25. The lowest BCUT2D eigenvalue weighted by Crippen LogP contribution is -2.43. The van der Waals surface area contributed by atoms with Gasteiger partial charge < -0.3 is 10.2 Å². The monoisotopic (exact) mass is 313 g/mol. The lowest BCUT2D eigenvalue weighted by Gasteiger charge is -2.37. The molecule has 0 amide bonds. The predicted molar refractivity (Wildman–Crippen MR) is 81.6 cm³/mol. The number of likely N-dealkylation sites (tertiary alicyclic amines) is 1. The summed E-state index contributed by atoms with van der Waals surface area (Å²) in [5, 5.41) is 2.76. The van der Waals surface area contributed by atoms with Gasteiger partial charge in [0.1, 0.15) is 4.90 Å². The number of piperidine rings is 1. The largest absolute Gasteiger partial charge is 0.357 e. The number of rotatable bonds is 5. The van der Waals surface area contributed by atoms with E-state index < -0.39 is 10.0 Å². The summed E-state index contributed by atoms with van der Waals surface area (Å²) in [5.74, 6) is 0.399. The summed E-state index contributed by atoms with van der Waals surface area (Å²) in [7, 11) is 0.218. The van der Waals surface area contributed by atoms with Crippen molar-refractivity contribution in [2.45, 2.75) is 24.7 Å². The van der Waals surface area contributed by atoms with Crippen LogP contribution in [0, 0.1) is 5.41 Å². The Labute approximate surface area is 126 Å². The fraction of sp³-hybridized carbons (Fsp3) is 0.692. The van der Waals surface area contributed by atoms with Gasteiger partial charge in [-0.1, -0.05) is 6.92 Å². The highest BCUT2D eigenvalue weighted by Crippen LogP contribution is 2.29. The van der Waals surface area contributed by atoms with E-state index in [1.165, 1.54) is 12.4 Å². The molecule has 1 saturated heterocycles. The van der Waals surface area contributed by atoms with Crippen molar-refractivity contribution in [2.24, 2.45) is 5.41 Å². The van der Waals surface area contributed by atoms with Crippen molar-refractivity contribution in [3.63, 3.8) is 0 Å². The molecular weight excluding hydrogens is 290 g/mol. The summed E-state index contributed by atoms with van der Waals surface area (Å²) in [5.41, 5.74) is 0.00531. The molecule has 8 heteroatoms. The highest BCUT2D eigenvalue weighted by Gasteiger charge is 2.30. The van der Waals surface area contributed by atoms with Crippen LogP contribution < -0.4 is 10.0 Å². The Balaban J connectivity index is 2.00. The zero-order valence-corrected chi connectivity index (χ0v) is 13.6. The lowest BCUT2D eigenvalue weighted by molar-refractivity contribution is 0.143. The molecule has 1 aliphatic rings. The minimum Gasteiger partial charge on any atom is -0.357 e. The number of nitrogens with zero attached hydrogens (tertiary/aromatic N) is 3. The first-order valence-corrected chi connectivity index (χ1v) is 8.51. The maximum atomic E-state index is 12.3. The van der Waals surface area contributed by atoms with Gasteiger partial charge in [-0.3, -0.25) is 0 Å². The van der Waals surface area contributed by atoms with Crippen molar-refractivity contribution in [3.05, 3.63) is 12.4 Å². The number of anilines is 1. The van der Waals surface area contributed by atoms with Gasteiger partial charge in [0.25, 0.3) is 0 Å². The van der Waals surface area contributed by atoms with Crippen LogP contribution in [0.25, 0.3) is 0 Å². The second kappa shape index (κ2) is 6.25. The van der Waals surface area contributed by atoms with Gasteiger partial charge in [0.2, 0.25) is 16.0 Å². The van der Waals surface area contributed by atoms with E-state index in [1.807, 2.05) is 0 Å². The molecule has 118 valence electrons. The Morgan fingerprint density at radius 2 is 1.86 bits per heavy atom. The van der Waals surface area contributed by atoms with E-state index in [-0.39, 0.29) is 10.3 Å². The van der Waals surface area contributed by atoms with Crippen LogP contribution in [0.2, 0.25) is 0 Å². The fourth-order valence-electron chi connectivity index (χ4n) is 2.27. The second-order valence-corrected chi connectivity index (χ2v) is 7.70. The summed E-state index contributed by atoms with van der Waals surface area (Å²) in [4.78, 5) is 10.2. The molecule has 21 heavy (non-hydrogen) atoms. The third-order valence-electron chi connectivity index (χ3n) is 4.05. The standard InChI is InChI=1S/C13H23N5O2S/c1-13(4-6-18(3)7-5-13)10-17-21(19,20)11-8-15-12(14-2)16-9-11/h8-9,17H,4-7,10H2,1-3H3,(H,14,15,16). The van der Waals surface area contributed by atoms with E-state index in [0.29, 0.717) is 12.5 Å². The van der Waals surface area contributed by atoms with E-state index >= 15 is 0 Å². The van der Waals surface area contributed by atoms with Gasteiger partial charge in [-0.25, -0.2) is 23.1 Å². The zero-order valence-electron chi connectivity index (χ0n) is 12.8.